The molecule has 0 saturated heterocycles. The fourth-order valence-corrected chi connectivity index (χ4v) is 11.0. The Balaban J connectivity index is 1.02. The zero-order chi connectivity index (χ0) is 46.8. The van der Waals surface area contributed by atoms with Crippen LogP contribution in [0.2, 0.25) is 0 Å². The van der Waals surface area contributed by atoms with Crippen molar-refractivity contribution in [3.63, 3.8) is 0 Å². The van der Waals surface area contributed by atoms with Crippen LogP contribution in [0.1, 0.15) is 5.56 Å². The predicted octanol–water partition coefficient (Wildman–Crippen LogP) is 16.1. The van der Waals surface area contributed by atoms with E-state index in [2.05, 4.69) is 196 Å². The number of hydrogen-bond donors (Lipinski definition) is 0. The van der Waals surface area contributed by atoms with Gasteiger partial charge in [-0.25, -0.2) is 15.0 Å². The number of nitrogens with zero attached hydrogens (tertiary/aromatic N) is 6. The van der Waals surface area contributed by atoms with Gasteiger partial charge in [-0.3, -0.25) is 0 Å². The van der Waals surface area contributed by atoms with E-state index in [4.69, 9.17) is 15.0 Å². The van der Waals surface area contributed by atoms with Crippen molar-refractivity contribution in [1.82, 2.24) is 28.7 Å². The molecule has 14 aromatic rings. The molecular formula is C65H44N6. The molecule has 0 saturated carbocycles. The summed E-state index contributed by atoms with van der Waals surface area (Å²) in [5.41, 5.74) is 15.7. The lowest BCUT2D eigenvalue weighted by Gasteiger charge is -2.22. The van der Waals surface area contributed by atoms with E-state index in [1.165, 1.54) is 71.0 Å². The first-order valence-electron chi connectivity index (χ1n) is 24.3. The summed E-state index contributed by atoms with van der Waals surface area (Å²) in [5.74, 6) is 1.91. The zero-order valence-electron chi connectivity index (χ0n) is 38.7. The van der Waals surface area contributed by atoms with Gasteiger partial charge in [-0.2, -0.15) is 0 Å². The zero-order valence-corrected chi connectivity index (χ0v) is 38.7. The van der Waals surface area contributed by atoms with E-state index in [0.29, 0.717) is 17.5 Å². The molecule has 0 aliphatic rings. The van der Waals surface area contributed by atoms with Crippen LogP contribution >= 0.6 is 0 Å². The Morgan fingerprint density at radius 1 is 0.268 bits per heavy atom. The third-order valence-electron chi connectivity index (χ3n) is 14.3. The van der Waals surface area contributed by atoms with Gasteiger partial charge in [0.05, 0.1) is 33.4 Å². The van der Waals surface area contributed by atoms with Crippen molar-refractivity contribution >= 4 is 65.4 Å². The molecule has 0 spiro atoms. The van der Waals surface area contributed by atoms with Crippen molar-refractivity contribution in [3.8, 4) is 56.7 Å². The number of hydrogen-bond acceptors (Lipinski definition) is 3. The third kappa shape index (κ3) is 6.75. The molecule has 0 atom stereocenters. The molecule has 6 heteroatoms. The molecule has 10 aromatic carbocycles. The predicted molar refractivity (Wildman–Crippen MR) is 293 cm³/mol. The molecule has 6 nitrogen and oxygen atoms in total. The van der Waals surface area contributed by atoms with E-state index < -0.39 is 0 Å². The number of aryl methyl sites for hydroxylation is 1. The Morgan fingerprint density at radius 2 is 0.563 bits per heavy atom. The van der Waals surface area contributed by atoms with E-state index in [1.54, 1.807) is 0 Å². The molecule has 4 heterocycles. The lowest BCUT2D eigenvalue weighted by atomic mass is 9.97. The highest BCUT2D eigenvalue weighted by Gasteiger charge is 2.23. The maximum atomic E-state index is 5.07. The Hall–Kier alpha value is -9.39. The molecule has 0 aliphatic carbocycles. The van der Waals surface area contributed by atoms with Gasteiger partial charge in [0.25, 0.3) is 0 Å². The van der Waals surface area contributed by atoms with Crippen molar-refractivity contribution in [2.24, 2.45) is 0 Å². The molecule has 0 aliphatic heterocycles. The van der Waals surface area contributed by atoms with Crippen LogP contribution < -0.4 is 0 Å². The summed E-state index contributed by atoms with van der Waals surface area (Å²) >= 11 is 0. The highest BCUT2D eigenvalue weighted by Crippen LogP contribution is 2.42. The number of benzene rings is 10. The number of aromatic nitrogens is 6. The van der Waals surface area contributed by atoms with Gasteiger partial charge in [-0.05, 0) is 66.1 Å². The van der Waals surface area contributed by atoms with Crippen LogP contribution in [-0.2, 0) is 13.0 Å². The molecule has 4 aromatic heterocycles. The Kier molecular flexibility index (Phi) is 9.56. The van der Waals surface area contributed by atoms with Gasteiger partial charge in [0.15, 0.2) is 17.5 Å². The molecule has 0 radical (unpaired) electrons. The molecule has 0 fully saturated rings. The molecule has 0 N–H and O–H groups in total. The van der Waals surface area contributed by atoms with Crippen LogP contribution in [0.15, 0.2) is 243 Å². The van der Waals surface area contributed by atoms with Crippen LogP contribution in [0.3, 0.4) is 0 Å². The Bertz CT molecular complexity index is 3980. The minimum absolute atomic E-state index is 0.626. The third-order valence-corrected chi connectivity index (χ3v) is 14.3. The largest absolute Gasteiger partial charge is 0.340 e. The second-order valence-corrected chi connectivity index (χ2v) is 18.3. The number of para-hydroxylation sites is 6. The SMILES string of the molecule is c1ccc(-c2nc(-c3ccccc3)nc(-c3ccc(-c4cc(-n5c6ccccc6c6ccccc65)c(CCn5c6ccccc6c6ccccc65)c(-n5c6ccccc6c6ccccc65)c4)cc3)n2)cc1. The average molecular weight is 909 g/mol. The van der Waals surface area contributed by atoms with Crippen molar-refractivity contribution in [2.75, 3.05) is 0 Å². The molecular weight excluding hydrogens is 865 g/mol. The van der Waals surface area contributed by atoms with E-state index >= 15 is 0 Å². The van der Waals surface area contributed by atoms with Crippen LogP contribution in [0.25, 0.3) is 122 Å². The molecule has 0 unspecified atom stereocenters. The monoisotopic (exact) mass is 908 g/mol. The first-order chi connectivity index (χ1) is 35.2. The molecule has 0 bridgehead atoms. The first kappa shape index (κ1) is 40.7. The summed E-state index contributed by atoms with van der Waals surface area (Å²) in [6, 6.07) is 87.0. The van der Waals surface area contributed by atoms with Gasteiger partial charge in [-0.15, -0.1) is 0 Å². The summed E-state index contributed by atoms with van der Waals surface area (Å²) in [6.07, 6.45) is 0.765. The van der Waals surface area contributed by atoms with Gasteiger partial charge in [0, 0.05) is 72.1 Å². The number of rotatable bonds is 9. The van der Waals surface area contributed by atoms with Crippen LogP contribution in [-0.4, -0.2) is 28.7 Å². The van der Waals surface area contributed by atoms with Crippen LogP contribution in [0, 0.1) is 0 Å². The van der Waals surface area contributed by atoms with Crippen LogP contribution in [0.4, 0.5) is 0 Å². The fraction of sp³-hybridized carbons (Fsp3) is 0.0308. The summed E-state index contributed by atoms with van der Waals surface area (Å²) < 4.78 is 7.56. The quantitative estimate of drug-likeness (QED) is 0.145. The Morgan fingerprint density at radius 3 is 0.944 bits per heavy atom. The standard InChI is InChI=1S/C65H44N6/c1-3-19-44(20-4-1)63-66-64(45-21-5-2-6-22-45)68-65(67-63)46-37-35-43(36-38-46)47-41-61(70-57-31-15-9-25-50(57)51-26-10-16-32-58(51)70)54(39-40-69-55-29-13-7-23-48(55)49-24-8-14-30-56(49)69)62(42-47)71-59-33-17-11-27-52(59)53-28-12-18-34-60(53)71/h1-38,41-42H,39-40H2. The van der Waals surface area contributed by atoms with E-state index in [1.807, 2.05) is 60.7 Å². The van der Waals surface area contributed by atoms with Crippen molar-refractivity contribution in [3.05, 3.63) is 248 Å². The van der Waals surface area contributed by atoms with Gasteiger partial charge in [-0.1, -0.05) is 194 Å². The fourth-order valence-electron chi connectivity index (χ4n) is 11.0. The minimum Gasteiger partial charge on any atom is -0.340 e. The van der Waals surface area contributed by atoms with Crippen molar-refractivity contribution in [1.29, 1.82) is 0 Å². The first-order valence-corrected chi connectivity index (χ1v) is 24.3. The molecule has 71 heavy (non-hydrogen) atoms. The van der Waals surface area contributed by atoms with Crippen molar-refractivity contribution < 1.29 is 0 Å². The van der Waals surface area contributed by atoms with Gasteiger partial charge < -0.3 is 13.7 Å². The smallest absolute Gasteiger partial charge is 0.164 e. The second-order valence-electron chi connectivity index (χ2n) is 18.3. The van der Waals surface area contributed by atoms with E-state index in [0.717, 1.165) is 52.2 Å². The maximum Gasteiger partial charge on any atom is 0.164 e. The summed E-state index contributed by atoms with van der Waals surface area (Å²) in [4.78, 5) is 15.1. The van der Waals surface area contributed by atoms with E-state index in [9.17, 15) is 0 Å². The minimum atomic E-state index is 0.626. The molecule has 0 amide bonds. The second kappa shape index (κ2) is 16.7. The molecule has 334 valence electrons. The van der Waals surface area contributed by atoms with Crippen LogP contribution in [0.5, 0.6) is 0 Å². The number of fused-ring (bicyclic) bond motifs is 9. The van der Waals surface area contributed by atoms with Crippen molar-refractivity contribution in [2.45, 2.75) is 13.0 Å². The molecule has 14 rings (SSSR count). The van der Waals surface area contributed by atoms with E-state index in [-0.39, 0.29) is 0 Å². The lowest BCUT2D eigenvalue weighted by molar-refractivity contribution is 0.739. The topological polar surface area (TPSA) is 53.5 Å². The highest BCUT2D eigenvalue weighted by atomic mass is 15.0. The lowest BCUT2D eigenvalue weighted by Crippen LogP contribution is -2.10. The summed E-state index contributed by atoms with van der Waals surface area (Å²) in [6.45, 7) is 0.776. The maximum absolute atomic E-state index is 5.07. The van der Waals surface area contributed by atoms with Gasteiger partial charge in [0.1, 0.15) is 0 Å². The van der Waals surface area contributed by atoms with Gasteiger partial charge >= 0.3 is 0 Å². The average Bonchev–Trinajstić information content (AvgIpc) is 4.08. The summed E-state index contributed by atoms with van der Waals surface area (Å²) in [5, 5.41) is 7.46. The van der Waals surface area contributed by atoms with Gasteiger partial charge in [0.2, 0.25) is 0 Å². The highest BCUT2D eigenvalue weighted by molar-refractivity contribution is 6.11. The normalized spacial score (nSPS) is 11.8. The Labute approximate surface area is 410 Å². The summed E-state index contributed by atoms with van der Waals surface area (Å²) in [7, 11) is 0.